The summed E-state index contributed by atoms with van der Waals surface area (Å²) in [7, 11) is 0. The van der Waals surface area contributed by atoms with Crippen molar-refractivity contribution in [3.05, 3.63) is 36.5 Å². The van der Waals surface area contributed by atoms with Gasteiger partial charge in [0.05, 0.1) is 0 Å². The van der Waals surface area contributed by atoms with Crippen LogP contribution >= 0.6 is 0 Å². The molecule has 0 spiro atoms. The van der Waals surface area contributed by atoms with Crippen LogP contribution in [-0.2, 0) is 28.6 Å². The van der Waals surface area contributed by atoms with Crippen LogP contribution in [-0.4, -0.2) is 37.2 Å². The topological polar surface area (TPSA) is 78.9 Å². The second-order valence-electron chi connectivity index (χ2n) is 20.6. The maximum atomic E-state index is 12.8. The Labute approximate surface area is 429 Å². The molecule has 404 valence electrons. The van der Waals surface area contributed by atoms with E-state index in [0.29, 0.717) is 19.3 Å². The molecule has 0 amide bonds. The molecule has 0 saturated heterocycles. The van der Waals surface area contributed by atoms with Crippen molar-refractivity contribution in [2.45, 2.75) is 335 Å². The van der Waals surface area contributed by atoms with Crippen LogP contribution in [0, 0.1) is 0 Å². The maximum absolute atomic E-state index is 12.8. The SMILES string of the molecule is CCCC/C=C\CCCCCCCC(=O)OCC(COC(=O)CCCCCCCCCCCCCCCCCCCCCCCCCCC)OC(=O)CCCCCCC/C=C\C/C=C\CCCCC. The molecule has 0 aromatic heterocycles. The summed E-state index contributed by atoms with van der Waals surface area (Å²) in [5.41, 5.74) is 0. The molecular formula is C63H116O6. The fourth-order valence-electron chi connectivity index (χ4n) is 8.99. The molecule has 6 heteroatoms. The molecule has 6 nitrogen and oxygen atoms in total. The predicted octanol–water partition coefficient (Wildman–Crippen LogP) is 20.4. The zero-order valence-electron chi connectivity index (χ0n) is 46.3. The Morgan fingerprint density at radius 2 is 0.536 bits per heavy atom. The van der Waals surface area contributed by atoms with Gasteiger partial charge in [-0.15, -0.1) is 0 Å². The van der Waals surface area contributed by atoms with Crippen molar-refractivity contribution in [1.29, 1.82) is 0 Å². The molecule has 0 aliphatic rings. The van der Waals surface area contributed by atoms with Gasteiger partial charge < -0.3 is 14.2 Å². The van der Waals surface area contributed by atoms with Gasteiger partial charge in [-0.3, -0.25) is 14.4 Å². The molecule has 0 saturated carbocycles. The minimum absolute atomic E-state index is 0.0770. The highest BCUT2D eigenvalue weighted by Crippen LogP contribution is 2.17. The lowest BCUT2D eigenvalue weighted by atomic mass is 10.0. The highest BCUT2D eigenvalue weighted by molar-refractivity contribution is 5.71. The Kier molecular flexibility index (Phi) is 56.2. The summed E-state index contributed by atoms with van der Waals surface area (Å²) < 4.78 is 16.9. The summed E-state index contributed by atoms with van der Waals surface area (Å²) in [5.74, 6) is -0.884. The number of carbonyl (C=O) groups is 3. The van der Waals surface area contributed by atoms with Crippen LogP contribution in [0.1, 0.15) is 329 Å². The second-order valence-corrected chi connectivity index (χ2v) is 20.6. The van der Waals surface area contributed by atoms with E-state index in [-0.39, 0.29) is 31.1 Å². The van der Waals surface area contributed by atoms with Crippen LogP contribution in [0.4, 0.5) is 0 Å². The average Bonchev–Trinajstić information content (AvgIpc) is 3.35. The number of hydrogen-bond acceptors (Lipinski definition) is 6. The molecule has 0 bridgehead atoms. The lowest BCUT2D eigenvalue weighted by Gasteiger charge is -2.18. The van der Waals surface area contributed by atoms with E-state index < -0.39 is 6.10 Å². The summed E-state index contributed by atoms with van der Waals surface area (Å²) in [4.78, 5) is 38.1. The quantitative estimate of drug-likeness (QED) is 0.0261. The van der Waals surface area contributed by atoms with Crippen molar-refractivity contribution in [2.24, 2.45) is 0 Å². The van der Waals surface area contributed by atoms with E-state index in [9.17, 15) is 14.4 Å². The number of carbonyl (C=O) groups excluding carboxylic acids is 3. The monoisotopic (exact) mass is 969 g/mol. The molecule has 0 aliphatic carbocycles. The Balaban J connectivity index is 4.19. The highest BCUT2D eigenvalue weighted by atomic mass is 16.6. The largest absolute Gasteiger partial charge is 0.462 e. The Morgan fingerprint density at radius 1 is 0.290 bits per heavy atom. The van der Waals surface area contributed by atoms with Crippen molar-refractivity contribution in [2.75, 3.05) is 13.2 Å². The molecule has 0 rings (SSSR count). The fraction of sp³-hybridized carbons (Fsp3) is 0.857. The summed E-state index contributed by atoms with van der Waals surface area (Å²) in [6.07, 6.45) is 70.2. The molecule has 0 heterocycles. The van der Waals surface area contributed by atoms with Crippen molar-refractivity contribution in [3.63, 3.8) is 0 Å². The molecule has 0 fully saturated rings. The Bertz CT molecular complexity index is 1160. The average molecular weight is 970 g/mol. The fourth-order valence-corrected chi connectivity index (χ4v) is 8.99. The number of hydrogen-bond donors (Lipinski definition) is 0. The lowest BCUT2D eigenvalue weighted by molar-refractivity contribution is -0.167. The van der Waals surface area contributed by atoms with E-state index in [2.05, 4.69) is 57.2 Å². The molecule has 0 radical (unpaired) electrons. The molecule has 0 aromatic rings. The Hall–Kier alpha value is -2.37. The number of rotatable bonds is 56. The number of allylic oxidation sites excluding steroid dienone is 6. The van der Waals surface area contributed by atoms with E-state index in [1.165, 1.54) is 199 Å². The van der Waals surface area contributed by atoms with Crippen molar-refractivity contribution in [1.82, 2.24) is 0 Å². The lowest BCUT2D eigenvalue weighted by Crippen LogP contribution is -2.30. The van der Waals surface area contributed by atoms with Gasteiger partial charge in [-0.1, -0.05) is 276 Å². The van der Waals surface area contributed by atoms with Gasteiger partial charge in [0.2, 0.25) is 0 Å². The first-order chi connectivity index (χ1) is 34.0. The second kappa shape index (κ2) is 58.2. The van der Waals surface area contributed by atoms with Crippen LogP contribution in [0.2, 0.25) is 0 Å². The van der Waals surface area contributed by atoms with E-state index in [1.807, 2.05) is 0 Å². The number of esters is 3. The number of unbranched alkanes of at least 4 members (excludes halogenated alkanes) is 39. The molecule has 1 atom stereocenters. The molecule has 1 unspecified atom stereocenters. The summed E-state index contributed by atoms with van der Waals surface area (Å²) in [5, 5.41) is 0. The summed E-state index contributed by atoms with van der Waals surface area (Å²) in [6, 6.07) is 0. The predicted molar refractivity (Wildman–Crippen MR) is 298 cm³/mol. The normalized spacial score (nSPS) is 12.2. The van der Waals surface area contributed by atoms with Crippen LogP contribution in [0.25, 0.3) is 0 Å². The zero-order chi connectivity index (χ0) is 50.0. The van der Waals surface area contributed by atoms with Gasteiger partial charge in [0.25, 0.3) is 0 Å². The van der Waals surface area contributed by atoms with Gasteiger partial charge in [0, 0.05) is 19.3 Å². The molecular weight excluding hydrogens is 853 g/mol. The van der Waals surface area contributed by atoms with Gasteiger partial charge in [0.1, 0.15) is 13.2 Å². The van der Waals surface area contributed by atoms with Gasteiger partial charge in [-0.2, -0.15) is 0 Å². The van der Waals surface area contributed by atoms with E-state index >= 15 is 0 Å². The maximum Gasteiger partial charge on any atom is 0.306 e. The van der Waals surface area contributed by atoms with Crippen LogP contribution in [0.5, 0.6) is 0 Å². The third kappa shape index (κ3) is 56.4. The standard InChI is InChI=1S/C63H116O6/c1-4-7-10-13-16-19-22-24-26-27-28-29-30-31-32-33-34-35-37-38-41-44-47-50-53-56-62(65)68-59-60(58-67-61(64)55-52-49-46-43-40-21-18-15-12-9-6-3)69-63(66)57-54-51-48-45-42-39-36-25-23-20-17-14-11-8-5-2/h15,17-18,20,25,36,60H,4-14,16,19,21-24,26-35,37-59H2,1-3H3/b18-15-,20-17-,36-25-. The summed E-state index contributed by atoms with van der Waals surface area (Å²) in [6.45, 7) is 6.60. The van der Waals surface area contributed by atoms with Gasteiger partial charge in [-0.25, -0.2) is 0 Å². The van der Waals surface area contributed by atoms with E-state index in [1.54, 1.807) is 0 Å². The van der Waals surface area contributed by atoms with Crippen molar-refractivity contribution >= 4 is 17.9 Å². The first-order valence-electron chi connectivity index (χ1n) is 30.5. The van der Waals surface area contributed by atoms with Crippen LogP contribution < -0.4 is 0 Å². The minimum atomic E-state index is -0.780. The van der Waals surface area contributed by atoms with Crippen molar-refractivity contribution in [3.8, 4) is 0 Å². The third-order valence-corrected chi connectivity index (χ3v) is 13.6. The van der Waals surface area contributed by atoms with E-state index in [4.69, 9.17) is 14.2 Å². The molecule has 0 aromatic carbocycles. The third-order valence-electron chi connectivity index (χ3n) is 13.6. The van der Waals surface area contributed by atoms with Crippen LogP contribution in [0.3, 0.4) is 0 Å². The number of ether oxygens (including phenoxy) is 3. The molecule has 0 N–H and O–H groups in total. The van der Waals surface area contributed by atoms with Crippen LogP contribution in [0.15, 0.2) is 36.5 Å². The summed E-state index contributed by atoms with van der Waals surface area (Å²) >= 11 is 0. The first-order valence-corrected chi connectivity index (χ1v) is 30.5. The van der Waals surface area contributed by atoms with Gasteiger partial charge >= 0.3 is 17.9 Å². The smallest absolute Gasteiger partial charge is 0.306 e. The molecule has 0 aliphatic heterocycles. The van der Waals surface area contributed by atoms with Gasteiger partial charge in [-0.05, 0) is 70.6 Å². The highest BCUT2D eigenvalue weighted by Gasteiger charge is 2.19. The van der Waals surface area contributed by atoms with Crippen molar-refractivity contribution < 1.29 is 28.6 Å². The van der Waals surface area contributed by atoms with Gasteiger partial charge in [0.15, 0.2) is 6.10 Å². The minimum Gasteiger partial charge on any atom is -0.462 e. The van der Waals surface area contributed by atoms with E-state index in [0.717, 1.165) is 89.9 Å². The molecule has 69 heavy (non-hydrogen) atoms. The first kappa shape index (κ1) is 66.6. The zero-order valence-corrected chi connectivity index (χ0v) is 46.3. The Morgan fingerprint density at radius 3 is 0.884 bits per heavy atom.